The molecule has 6 nitrogen and oxygen atoms in total. The molecule has 2 fully saturated rings. The third-order valence-electron chi connectivity index (χ3n) is 5.26. The average Bonchev–Trinajstić information content (AvgIpc) is 3.58. The van der Waals surface area contributed by atoms with Crippen molar-refractivity contribution in [3.05, 3.63) is 53.2 Å². The summed E-state index contributed by atoms with van der Waals surface area (Å²) < 4.78 is 47.5. The molecule has 0 radical (unpaired) electrons. The Bertz CT molecular complexity index is 906. The zero-order chi connectivity index (χ0) is 21.8. The molecule has 1 saturated heterocycles. The first-order chi connectivity index (χ1) is 14.9. The van der Waals surface area contributed by atoms with Gasteiger partial charge >= 0.3 is 6.36 Å². The SMILES string of the molecule is O=C(c1ccc(NCc2cc(OC(F)(F)F)cc(C3CC3)c2)nc1)N1CCCCOC1. The number of alkyl halides is 3. The molecule has 1 aliphatic heterocycles. The molecule has 2 heterocycles. The van der Waals surface area contributed by atoms with Crippen LogP contribution in [0.1, 0.15) is 53.1 Å². The number of halogens is 3. The van der Waals surface area contributed by atoms with E-state index in [9.17, 15) is 18.0 Å². The summed E-state index contributed by atoms with van der Waals surface area (Å²) in [4.78, 5) is 18.5. The van der Waals surface area contributed by atoms with E-state index >= 15 is 0 Å². The molecule has 0 atom stereocenters. The Kier molecular flexibility index (Phi) is 6.31. The lowest BCUT2D eigenvalue weighted by Gasteiger charge is -2.19. The summed E-state index contributed by atoms with van der Waals surface area (Å²) in [6, 6.07) is 8.10. The summed E-state index contributed by atoms with van der Waals surface area (Å²) in [5.74, 6) is 0.481. The molecule has 1 amide bonds. The minimum atomic E-state index is -4.73. The van der Waals surface area contributed by atoms with Crippen LogP contribution in [0.25, 0.3) is 0 Å². The van der Waals surface area contributed by atoms with Gasteiger partial charge in [0, 0.05) is 25.9 Å². The first-order valence-corrected chi connectivity index (χ1v) is 10.3. The molecule has 4 rings (SSSR count). The van der Waals surface area contributed by atoms with E-state index in [1.54, 1.807) is 17.0 Å². The van der Waals surface area contributed by atoms with Crippen molar-refractivity contribution in [3.63, 3.8) is 0 Å². The second-order valence-electron chi connectivity index (χ2n) is 7.83. The zero-order valence-electron chi connectivity index (χ0n) is 17.0. The number of pyridine rings is 1. The summed E-state index contributed by atoms with van der Waals surface area (Å²) in [6.07, 6.45) is 0.549. The fourth-order valence-corrected chi connectivity index (χ4v) is 3.54. The van der Waals surface area contributed by atoms with E-state index in [2.05, 4.69) is 15.0 Å². The van der Waals surface area contributed by atoms with Gasteiger partial charge in [0.25, 0.3) is 5.91 Å². The van der Waals surface area contributed by atoms with Crippen LogP contribution in [0, 0.1) is 0 Å². The van der Waals surface area contributed by atoms with E-state index in [-0.39, 0.29) is 24.9 Å². The number of hydrogen-bond donors (Lipinski definition) is 1. The number of anilines is 1. The Morgan fingerprint density at radius 3 is 2.77 bits per heavy atom. The maximum atomic E-state index is 12.6. The molecule has 1 aromatic carbocycles. The molecule has 31 heavy (non-hydrogen) atoms. The summed E-state index contributed by atoms with van der Waals surface area (Å²) >= 11 is 0. The van der Waals surface area contributed by atoms with E-state index in [4.69, 9.17) is 4.74 Å². The van der Waals surface area contributed by atoms with Crippen LogP contribution in [0.3, 0.4) is 0 Å². The van der Waals surface area contributed by atoms with Gasteiger partial charge in [-0.2, -0.15) is 0 Å². The maximum absolute atomic E-state index is 12.6. The minimum Gasteiger partial charge on any atom is -0.406 e. The van der Waals surface area contributed by atoms with Gasteiger partial charge in [-0.25, -0.2) is 4.98 Å². The Hall–Kier alpha value is -2.81. The normalized spacial score (nSPS) is 17.2. The maximum Gasteiger partial charge on any atom is 0.573 e. The number of carbonyl (C=O) groups is 1. The van der Waals surface area contributed by atoms with Crippen molar-refractivity contribution in [2.75, 3.05) is 25.2 Å². The molecule has 1 N–H and O–H groups in total. The van der Waals surface area contributed by atoms with Crippen molar-refractivity contribution in [1.29, 1.82) is 0 Å². The highest BCUT2D eigenvalue weighted by Crippen LogP contribution is 2.42. The minimum absolute atomic E-state index is 0.132. The van der Waals surface area contributed by atoms with Gasteiger partial charge in [-0.1, -0.05) is 6.07 Å². The number of hydrogen-bond acceptors (Lipinski definition) is 5. The van der Waals surface area contributed by atoms with Crippen molar-refractivity contribution < 1.29 is 27.4 Å². The Labute approximate surface area is 178 Å². The quantitative estimate of drug-likeness (QED) is 0.714. The second kappa shape index (κ2) is 9.13. The van der Waals surface area contributed by atoms with Crippen molar-refractivity contribution in [2.24, 2.45) is 0 Å². The molecule has 1 saturated carbocycles. The fraction of sp³-hybridized carbons (Fsp3) is 0.455. The van der Waals surface area contributed by atoms with Gasteiger partial charge in [0.2, 0.25) is 0 Å². The second-order valence-corrected chi connectivity index (χ2v) is 7.83. The number of nitrogens with zero attached hydrogens (tertiary/aromatic N) is 2. The van der Waals surface area contributed by atoms with Crippen LogP contribution >= 0.6 is 0 Å². The largest absolute Gasteiger partial charge is 0.573 e. The summed E-state index contributed by atoms with van der Waals surface area (Å²) in [7, 11) is 0. The summed E-state index contributed by atoms with van der Waals surface area (Å²) in [5.41, 5.74) is 1.99. The highest BCUT2D eigenvalue weighted by Gasteiger charge is 2.32. The van der Waals surface area contributed by atoms with Crippen LogP contribution in [-0.4, -0.2) is 42.0 Å². The molecule has 0 bridgehead atoms. The number of amides is 1. The molecule has 1 aliphatic carbocycles. The average molecular weight is 435 g/mol. The van der Waals surface area contributed by atoms with Crippen LogP contribution in [-0.2, 0) is 11.3 Å². The highest BCUT2D eigenvalue weighted by atomic mass is 19.4. The summed E-state index contributed by atoms with van der Waals surface area (Å²) in [5, 5.41) is 3.10. The van der Waals surface area contributed by atoms with E-state index in [1.807, 2.05) is 6.07 Å². The number of rotatable bonds is 6. The third-order valence-corrected chi connectivity index (χ3v) is 5.26. The molecular weight excluding hydrogens is 411 g/mol. The van der Waals surface area contributed by atoms with Gasteiger partial charge in [-0.3, -0.25) is 4.79 Å². The molecule has 2 aliphatic rings. The molecule has 9 heteroatoms. The van der Waals surface area contributed by atoms with Crippen LogP contribution in [0.2, 0.25) is 0 Å². The lowest BCUT2D eigenvalue weighted by Crippen LogP contribution is -2.32. The molecule has 2 aromatic rings. The number of nitrogens with one attached hydrogen (secondary N) is 1. The van der Waals surface area contributed by atoms with Gasteiger partial charge in [0.05, 0.1) is 5.56 Å². The Morgan fingerprint density at radius 2 is 2.06 bits per heavy atom. The topological polar surface area (TPSA) is 63.7 Å². The Balaban J connectivity index is 1.40. The van der Waals surface area contributed by atoms with Gasteiger partial charge in [0.15, 0.2) is 0 Å². The number of aromatic nitrogens is 1. The van der Waals surface area contributed by atoms with Crippen LogP contribution in [0.4, 0.5) is 19.0 Å². The van der Waals surface area contributed by atoms with E-state index in [1.165, 1.54) is 18.3 Å². The smallest absolute Gasteiger partial charge is 0.406 e. The van der Waals surface area contributed by atoms with Gasteiger partial charge < -0.3 is 19.7 Å². The number of benzene rings is 1. The predicted molar refractivity (Wildman–Crippen MR) is 108 cm³/mol. The van der Waals surface area contributed by atoms with E-state index in [0.29, 0.717) is 36.0 Å². The molecule has 0 spiro atoms. The molecule has 1 aromatic heterocycles. The highest BCUT2D eigenvalue weighted by molar-refractivity contribution is 5.94. The van der Waals surface area contributed by atoms with Crippen molar-refractivity contribution in [2.45, 2.75) is 44.5 Å². The van der Waals surface area contributed by atoms with E-state index in [0.717, 1.165) is 31.2 Å². The standard InChI is InChI=1S/C22H24F3N3O3/c23-22(24,25)31-19-10-15(9-18(11-19)16-3-4-16)12-26-20-6-5-17(13-27-20)21(29)28-7-1-2-8-30-14-28/h5-6,9-11,13,16H,1-4,7-8,12,14H2,(H,26,27). The predicted octanol–water partition coefficient (Wildman–Crippen LogP) is 4.68. The van der Waals surface area contributed by atoms with Crippen molar-refractivity contribution in [1.82, 2.24) is 9.88 Å². The number of carbonyl (C=O) groups excluding carboxylic acids is 1. The van der Waals surface area contributed by atoms with Gasteiger partial charge in [-0.05, 0) is 67.0 Å². The summed E-state index contributed by atoms with van der Waals surface area (Å²) in [6.45, 7) is 1.87. The fourth-order valence-electron chi connectivity index (χ4n) is 3.54. The lowest BCUT2D eigenvalue weighted by atomic mass is 10.1. The van der Waals surface area contributed by atoms with Gasteiger partial charge in [-0.15, -0.1) is 13.2 Å². The molecule has 166 valence electrons. The van der Waals surface area contributed by atoms with E-state index < -0.39 is 6.36 Å². The third kappa shape index (κ3) is 6.10. The van der Waals surface area contributed by atoms with Crippen molar-refractivity contribution in [3.8, 4) is 5.75 Å². The zero-order valence-corrected chi connectivity index (χ0v) is 17.0. The van der Waals surface area contributed by atoms with Crippen LogP contribution < -0.4 is 10.1 Å². The first kappa shape index (κ1) is 21.4. The number of ether oxygens (including phenoxy) is 2. The van der Waals surface area contributed by atoms with Gasteiger partial charge in [0.1, 0.15) is 18.3 Å². The molecule has 0 unspecified atom stereocenters. The van der Waals surface area contributed by atoms with Crippen LogP contribution in [0.15, 0.2) is 36.5 Å². The first-order valence-electron chi connectivity index (χ1n) is 10.3. The molecular formula is C22H24F3N3O3. The monoisotopic (exact) mass is 435 g/mol. The van der Waals surface area contributed by atoms with Crippen LogP contribution in [0.5, 0.6) is 5.75 Å². The van der Waals surface area contributed by atoms with Crippen molar-refractivity contribution >= 4 is 11.7 Å². The Morgan fingerprint density at radius 1 is 1.23 bits per heavy atom. The lowest BCUT2D eigenvalue weighted by molar-refractivity contribution is -0.274.